The monoisotopic (exact) mass is 355 g/mol. The Morgan fingerprint density at radius 2 is 2.14 bits per heavy atom. The van der Waals surface area contributed by atoms with Gasteiger partial charge in [-0.25, -0.2) is 0 Å². The normalized spacial score (nSPS) is 18.1. The van der Waals surface area contributed by atoms with Crippen LogP contribution in [0.3, 0.4) is 0 Å². The van der Waals surface area contributed by atoms with Crippen molar-refractivity contribution in [3.8, 4) is 5.75 Å². The van der Waals surface area contributed by atoms with Gasteiger partial charge in [0, 0.05) is 13.2 Å². The highest BCUT2D eigenvalue weighted by Crippen LogP contribution is 2.42. The van der Waals surface area contributed by atoms with E-state index in [-0.39, 0.29) is 5.60 Å². The third-order valence-corrected chi connectivity index (χ3v) is 5.06. The Balaban J connectivity index is 2.09. The van der Waals surface area contributed by atoms with Crippen molar-refractivity contribution in [2.75, 3.05) is 20.8 Å². The van der Waals surface area contributed by atoms with E-state index in [1.54, 1.807) is 0 Å². The first-order valence-corrected chi connectivity index (χ1v) is 8.58. The van der Waals surface area contributed by atoms with E-state index in [1.807, 2.05) is 14.2 Å². The lowest BCUT2D eigenvalue weighted by Gasteiger charge is -2.43. The fraction of sp³-hybridized carbons (Fsp3) is 0.647. The molecule has 0 radical (unpaired) electrons. The average molecular weight is 356 g/mol. The molecule has 1 N–H and O–H groups in total. The summed E-state index contributed by atoms with van der Waals surface area (Å²) >= 11 is 3.62. The second-order valence-electron chi connectivity index (χ2n) is 5.82. The van der Waals surface area contributed by atoms with Crippen LogP contribution >= 0.6 is 15.9 Å². The molecule has 0 saturated heterocycles. The molecule has 1 aliphatic carbocycles. The predicted octanol–water partition coefficient (Wildman–Crippen LogP) is 4.46. The van der Waals surface area contributed by atoms with E-state index in [1.165, 1.54) is 24.8 Å². The summed E-state index contributed by atoms with van der Waals surface area (Å²) in [6.45, 7) is 2.86. The van der Waals surface area contributed by atoms with Gasteiger partial charge >= 0.3 is 0 Å². The summed E-state index contributed by atoms with van der Waals surface area (Å²) in [6, 6.07) is 6.68. The van der Waals surface area contributed by atoms with Crippen LogP contribution in [0.5, 0.6) is 5.75 Å². The Morgan fingerprint density at radius 1 is 1.38 bits per heavy atom. The first-order valence-electron chi connectivity index (χ1n) is 7.79. The molecule has 1 aliphatic rings. The van der Waals surface area contributed by atoms with Gasteiger partial charge in [0.2, 0.25) is 0 Å². The van der Waals surface area contributed by atoms with Crippen LogP contribution in [0.1, 0.15) is 50.6 Å². The van der Waals surface area contributed by atoms with Gasteiger partial charge in [0.25, 0.3) is 0 Å². The Kier molecular flexibility index (Phi) is 6.08. The topological polar surface area (TPSA) is 30.5 Å². The molecule has 3 nitrogen and oxygen atoms in total. The fourth-order valence-corrected chi connectivity index (χ4v) is 3.40. The first kappa shape index (κ1) is 16.8. The Labute approximate surface area is 136 Å². The molecule has 4 heteroatoms. The molecule has 0 aliphatic heterocycles. The summed E-state index contributed by atoms with van der Waals surface area (Å²) < 4.78 is 12.5. The molecule has 1 saturated carbocycles. The second kappa shape index (κ2) is 7.61. The molecule has 0 heterocycles. The standard InChI is InChI=1S/C17H26BrNO2/c1-4-10-21-16-7-6-13(11-14(16)18)15(19-2)12-17(20-3)8-5-9-17/h6-7,11,15,19H,4-5,8-10,12H2,1-3H3. The zero-order valence-electron chi connectivity index (χ0n) is 13.2. The lowest BCUT2D eigenvalue weighted by atomic mass is 9.74. The largest absolute Gasteiger partial charge is 0.492 e. The number of rotatable bonds is 8. The Bertz CT molecular complexity index is 455. The second-order valence-corrected chi connectivity index (χ2v) is 6.68. The van der Waals surface area contributed by atoms with E-state index in [4.69, 9.17) is 9.47 Å². The maximum Gasteiger partial charge on any atom is 0.133 e. The fourth-order valence-electron chi connectivity index (χ4n) is 2.88. The number of nitrogens with one attached hydrogen (secondary N) is 1. The number of halogens is 1. The van der Waals surface area contributed by atoms with Crippen LogP contribution in [0.15, 0.2) is 22.7 Å². The molecule has 1 aromatic rings. The molecule has 1 fully saturated rings. The molecular weight excluding hydrogens is 330 g/mol. The number of hydrogen-bond donors (Lipinski definition) is 1. The van der Waals surface area contributed by atoms with Gasteiger partial charge in [-0.1, -0.05) is 13.0 Å². The van der Waals surface area contributed by atoms with Gasteiger partial charge in [-0.3, -0.25) is 0 Å². The van der Waals surface area contributed by atoms with E-state index in [9.17, 15) is 0 Å². The van der Waals surface area contributed by atoms with Gasteiger partial charge in [-0.05, 0) is 72.8 Å². The van der Waals surface area contributed by atoms with Crippen LogP contribution in [0.4, 0.5) is 0 Å². The van der Waals surface area contributed by atoms with E-state index >= 15 is 0 Å². The molecule has 118 valence electrons. The Hall–Kier alpha value is -0.580. The van der Waals surface area contributed by atoms with Gasteiger partial charge in [0.1, 0.15) is 5.75 Å². The van der Waals surface area contributed by atoms with Crippen LogP contribution in [0.2, 0.25) is 0 Å². The smallest absolute Gasteiger partial charge is 0.133 e. The molecule has 2 rings (SSSR count). The van der Waals surface area contributed by atoms with E-state index in [2.05, 4.69) is 46.4 Å². The highest BCUT2D eigenvalue weighted by molar-refractivity contribution is 9.10. The minimum atomic E-state index is 0.0670. The van der Waals surface area contributed by atoms with Crippen molar-refractivity contribution in [1.29, 1.82) is 0 Å². The minimum absolute atomic E-state index is 0.0670. The molecule has 0 amide bonds. The highest BCUT2D eigenvalue weighted by atomic mass is 79.9. The quantitative estimate of drug-likeness (QED) is 0.746. The van der Waals surface area contributed by atoms with Gasteiger partial charge in [0.15, 0.2) is 0 Å². The number of methoxy groups -OCH3 is 1. The molecule has 1 atom stereocenters. The van der Waals surface area contributed by atoms with Gasteiger partial charge in [-0.15, -0.1) is 0 Å². The van der Waals surface area contributed by atoms with Crippen molar-refractivity contribution in [3.05, 3.63) is 28.2 Å². The van der Waals surface area contributed by atoms with Crippen LogP contribution in [0, 0.1) is 0 Å². The molecular formula is C17H26BrNO2. The zero-order chi connectivity index (χ0) is 15.3. The summed E-state index contributed by atoms with van der Waals surface area (Å²) in [7, 11) is 3.85. The third-order valence-electron chi connectivity index (χ3n) is 4.44. The van der Waals surface area contributed by atoms with Crippen LogP contribution in [-0.2, 0) is 4.74 Å². The van der Waals surface area contributed by atoms with Gasteiger partial charge in [-0.2, -0.15) is 0 Å². The van der Waals surface area contributed by atoms with Crippen LogP contribution < -0.4 is 10.1 Å². The summed E-state index contributed by atoms with van der Waals surface area (Å²) in [5.41, 5.74) is 1.34. The predicted molar refractivity (Wildman–Crippen MR) is 89.9 cm³/mol. The maximum absolute atomic E-state index is 5.76. The highest BCUT2D eigenvalue weighted by Gasteiger charge is 2.39. The zero-order valence-corrected chi connectivity index (χ0v) is 14.8. The lowest BCUT2D eigenvalue weighted by Crippen LogP contribution is -2.42. The lowest BCUT2D eigenvalue weighted by molar-refractivity contribution is -0.0834. The van der Waals surface area contributed by atoms with Gasteiger partial charge < -0.3 is 14.8 Å². The van der Waals surface area contributed by atoms with E-state index < -0.39 is 0 Å². The molecule has 1 unspecified atom stereocenters. The minimum Gasteiger partial charge on any atom is -0.492 e. The molecule has 1 aromatic carbocycles. The average Bonchev–Trinajstić information content (AvgIpc) is 2.46. The van der Waals surface area contributed by atoms with Crippen molar-refractivity contribution in [2.24, 2.45) is 0 Å². The summed E-state index contributed by atoms with van der Waals surface area (Å²) in [4.78, 5) is 0. The maximum atomic E-state index is 5.76. The van der Waals surface area contributed by atoms with Crippen molar-refractivity contribution in [3.63, 3.8) is 0 Å². The number of ether oxygens (including phenoxy) is 2. The molecule has 21 heavy (non-hydrogen) atoms. The third kappa shape index (κ3) is 3.99. The first-order chi connectivity index (χ1) is 10.1. The van der Waals surface area contributed by atoms with E-state index in [0.717, 1.165) is 29.7 Å². The molecule has 0 spiro atoms. The van der Waals surface area contributed by atoms with Crippen molar-refractivity contribution in [1.82, 2.24) is 5.32 Å². The van der Waals surface area contributed by atoms with Crippen molar-refractivity contribution >= 4 is 15.9 Å². The van der Waals surface area contributed by atoms with Crippen LogP contribution in [-0.4, -0.2) is 26.4 Å². The molecule has 0 aromatic heterocycles. The number of hydrogen-bond acceptors (Lipinski definition) is 3. The van der Waals surface area contributed by atoms with Crippen LogP contribution in [0.25, 0.3) is 0 Å². The summed E-state index contributed by atoms with van der Waals surface area (Å²) in [5, 5.41) is 3.42. The molecule has 0 bridgehead atoms. The van der Waals surface area contributed by atoms with Gasteiger partial charge in [0.05, 0.1) is 16.7 Å². The number of benzene rings is 1. The van der Waals surface area contributed by atoms with E-state index in [0.29, 0.717) is 6.04 Å². The Morgan fingerprint density at radius 3 is 2.62 bits per heavy atom. The summed E-state index contributed by atoms with van der Waals surface area (Å²) in [5.74, 6) is 0.917. The van der Waals surface area contributed by atoms with Crippen molar-refractivity contribution < 1.29 is 9.47 Å². The summed E-state index contributed by atoms with van der Waals surface area (Å²) in [6.07, 6.45) is 5.64. The van der Waals surface area contributed by atoms with Crippen molar-refractivity contribution in [2.45, 2.75) is 50.7 Å². The SMILES string of the molecule is CCCOc1ccc(C(CC2(OC)CCC2)NC)cc1Br.